The summed E-state index contributed by atoms with van der Waals surface area (Å²) in [5, 5.41) is 2.44. The molecular formula is C18H12ClF3N2O2. The number of para-hydroxylation sites is 1. The zero-order valence-corrected chi connectivity index (χ0v) is 13.9. The second-order valence-electron chi connectivity index (χ2n) is 5.53. The van der Waals surface area contributed by atoms with Gasteiger partial charge in [0.05, 0.1) is 5.52 Å². The number of pyridine rings is 1. The summed E-state index contributed by atoms with van der Waals surface area (Å²) in [7, 11) is 0. The van der Waals surface area contributed by atoms with Crippen molar-refractivity contribution in [3.8, 4) is 5.69 Å². The molecule has 0 atom stereocenters. The summed E-state index contributed by atoms with van der Waals surface area (Å²) in [4.78, 5) is 23.6. The van der Waals surface area contributed by atoms with E-state index in [9.17, 15) is 22.8 Å². The number of amides is 1. The van der Waals surface area contributed by atoms with Gasteiger partial charge in [-0.05, 0) is 30.3 Å². The molecule has 8 heteroatoms. The summed E-state index contributed by atoms with van der Waals surface area (Å²) >= 11 is 6.03. The van der Waals surface area contributed by atoms with Gasteiger partial charge in [-0.2, -0.15) is 13.2 Å². The van der Waals surface area contributed by atoms with E-state index in [2.05, 4.69) is 0 Å². The first-order valence-electron chi connectivity index (χ1n) is 7.51. The number of hydrogen-bond acceptors (Lipinski definition) is 2. The van der Waals surface area contributed by atoms with Gasteiger partial charge in [-0.1, -0.05) is 29.8 Å². The fraction of sp³-hybridized carbons (Fsp3) is 0.111. The predicted octanol–water partition coefficient (Wildman–Crippen LogP) is 3.82. The van der Waals surface area contributed by atoms with Gasteiger partial charge in [0.25, 0.3) is 0 Å². The Bertz CT molecular complexity index is 1030. The van der Waals surface area contributed by atoms with Crippen LogP contribution in [-0.4, -0.2) is 16.7 Å². The highest BCUT2D eigenvalue weighted by Gasteiger charge is 2.38. The largest absolute Gasteiger partial charge is 0.471 e. The van der Waals surface area contributed by atoms with Crippen LogP contribution in [0.1, 0.15) is 5.56 Å². The van der Waals surface area contributed by atoms with Crippen LogP contribution in [-0.2, 0) is 11.3 Å². The van der Waals surface area contributed by atoms with E-state index in [1.165, 1.54) is 18.3 Å². The first kappa shape index (κ1) is 18.0. The second-order valence-corrected chi connectivity index (χ2v) is 5.97. The maximum absolute atomic E-state index is 12.6. The van der Waals surface area contributed by atoms with Crippen LogP contribution >= 0.6 is 11.6 Å². The van der Waals surface area contributed by atoms with Crippen LogP contribution in [0, 0.1) is 0 Å². The van der Waals surface area contributed by atoms with Gasteiger partial charge < -0.3 is 9.88 Å². The SMILES string of the molecule is O=C(NCc1cn(-c2ccccc2)c2cc(Cl)ccc2c1=O)C(F)(F)F. The Labute approximate surface area is 150 Å². The third-order valence-electron chi connectivity index (χ3n) is 3.77. The Balaban J connectivity index is 2.13. The van der Waals surface area contributed by atoms with E-state index < -0.39 is 24.1 Å². The van der Waals surface area contributed by atoms with Gasteiger partial charge in [0.1, 0.15) is 0 Å². The second kappa shape index (κ2) is 6.84. The summed E-state index contributed by atoms with van der Waals surface area (Å²) in [6.45, 7) is -0.539. The van der Waals surface area contributed by atoms with E-state index >= 15 is 0 Å². The van der Waals surface area contributed by atoms with Crippen molar-refractivity contribution in [2.45, 2.75) is 12.7 Å². The molecule has 0 aliphatic heterocycles. The smallest absolute Gasteiger partial charge is 0.344 e. The molecule has 3 rings (SSSR count). The van der Waals surface area contributed by atoms with E-state index in [1.807, 2.05) is 6.07 Å². The van der Waals surface area contributed by atoms with E-state index in [0.29, 0.717) is 16.2 Å². The normalized spacial score (nSPS) is 11.5. The Kier molecular flexibility index (Phi) is 4.73. The average Bonchev–Trinajstić information content (AvgIpc) is 2.60. The fourth-order valence-electron chi connectivity index (χ4n) is 2.56. The first-order valence-corrected chi connectivity index (χ1v) is 7.89. The van der Waals surface area contributed by atoms with Crippen molar-refractivity contribution in [1.82, 2.24) is 9.88 Å². The molecule has 1 heterocycles. The molecule has 26 heavy (non-hydrogen) atoms. The third kappa shape index (κ3) is 3.57. The number of rotatable bonds is 3. The summed E-state index contributed by atoms with van der Waals surface area (Å²) in [6.07, 6.45) is -3.60. The van der Waals surface area contributed by atoms with E-state index in [4.69, 9.17) is 11.6 Å². The van der Waals surface area contributed by atoms with Gasteiger partial charge in [-0.3, -0.25) is 9.59 Å². The molecule has 0 fully saturated rings. The van der Waals surface area contributed by atoms with Crippen LogP contribution in [0.2, 0.25) is 5.02 Å². The van der Waals surface area contributed by atoms with Crippen LogP contribution in [0.5, 0.6) is 0 Å². The summed E-state index contributed by atoms with van der Waals surface area (Å²) in [6, 6.07) is 13.6. The van der Waals surface area contributed by atoms with Crippen molar-refractivity contribution in [3.05, 3.63) is 75.5 Å². The zero-order chi connectivity index (χ0) is 18.9. The van der Waals surface area contributed by atoms with Crippen molar-refractivity contribution in [2.75, 3.05) is 0 Å². The number of fused-ring (bicyclic) bond motifs is 1. The standard InChI is InChI=1S/C18H12ClF3N2O2/c19-12-6-7-14-15(8-12)24(13-4-2-1-3-5-13)10-11(16(14)25)9-23-17(26)18(20,21)22/h1-8,10H,9H2,(H,23,26). The first-order chi connectivity index (χ1) is 12.3. The maximum atomic E-state index is 12.6. The van der Waals surface area contributed by atoms with Gasteiger partial charge in [0, 0.05) is 34.4 Å². The molecule has 1 aromatic heterocycles. The number of aromatic nitrogens is 1. The lowest BCUT2D eigenvalue weighted by molar-refractivity contribution is -0.173. The van der Waals surface area contributed by atoms with Crippen LogP contribution in [0.25, 0.3) is 16.6 Å². The average molecular weight is 381 g/mol. The number of alkyl halides is 3. The van der Waals surface area contributed by atoms with Gasteiger partial charge in [-0.15, -0.1) is 0 Å². The van der Waals surface area contributed by atoms with Crippen molar-refractivity contribution >= 4 is 28.4 Å². The van der Waals surface area contributed by atoms with Crippen molar-refractivity contribution < 1.29 is 18.0 Å². The maximum Gasteiger partial charge on any atom is 0.471 e. The zero-order valence-electron chi connectivity index (χ0n) is 13.2. The van der Waals surface area contributed by atoms with Crippen molar-refractivity contribution in [2.24, 2.45) is 0 Å². The minimum atomic E-state index is -5.01. The minimum absolute atomic E-state index is 0.0290. The molecule has 0 unspecified atom stereocenters. The number of nitrogens with one attached hydrogen (secondary N) is 1. The highest BCUT2D eigenvalue weighted by Crippen LogP contribution is 2.21. The molecule has 4 nitrogen and oxygen atoms in total. The molecule has 0 radical (unpaired) electrons. The molecule has 0 saturated heterocycles. The number of carbonyl (C=O) groups excluding carboxylic acids is 1. The number of carbonyl (C=O) groups is 1. The lowest BCUT2D eigenvalue weighted by atomic mass is 10.1. The number of benzene rings is 2. The monoisotopic (exact) mass is 380 g/mol. The number of nitrogens with zero attached hydrogens (tertiary/aromatic N) is 1. The Hall–Kier alpha value is -2.80. The Morgan fingerprint density at radius 3 is 2.46 bits per heavy atom. The number of halogens is 4. The predicted molar refractivity (Wildman–Crippen MR) is 92.5 cm³/mol. The van der Waals surface area contributed by atoms with Gasteiger partial charge >= 0.3 is 12.1 Å². The fourth-order valence-corrected chi connectivity index (χ4v) is 2.72. The van der Waals surface area contributed by atoms with E-state index in [0.717, 1.165) is 0 Å². The molecular weight excluding hydrogens is 369 g/mol. The van der Waals surface area contributed by atoms with Crippen molar-refractivity contribution in [3.63, 3.8) is 0 Å². The van der Waals surface area contributed by atoms with Gasteiger partial charge in [0.2, 0.25) is 0 Å². The molecule has 1 N–H and O–H groups in total. The molecule has 3 aromatic rings. The van der Waals surface area contributed by atoms with Crippen LogP contribution in [0.4, 0.5) is 13.2 Å². The molecule has 0 spiro atoms. The van der Waals surface area contributed by atoms with Crippen LogP contribution in [0.15, 0.2) is 59.5 Å². The minimum Gasteiger partial charge on any atom is -0.344 e. The lowest BCUT2D eigenvalue weighted by Gasteiger charge is -2.15. The molecule has 0 aliphatic carbocycles. The summed E-state index contributed by atoms with van der Waals surface area (Å²) in [5.41, 5.74) is 0.773. The lowest BCUT2D eigenvalue weighted by Crippen LogP contribution is -2.37. The molecule has 1 amide bonds. The van der Waals surface area contributed by atoms with Crippen LogP contribution < -0.4 is 10.7 Å². The highest BCUT2D eigenvalue weighted by atomic mass is 35.5. The Morgan fingerprint density at radius 2 is 1.81 bits per heavy atom. The summed E-state index contributed by atoms with van der Waals surface area (Å²) < 4.78 is 38.8. The topological polar surface area (TPSA) is 51.1 Å². The molecule has 0 aliphatic rings. The third-order valence-corrected chi connectivity index (χ3v) is 4.01. The van der Waals surface area contributed by atoms with Crippen molar-refractivity contribution in [1.29, 1.82) is 0 Å². The van der Waals surface area contributed by atoms with Gasteiger partial charge in [0.15, 0.2) is 5.43 Å². The highest BCUT2D eigenvalue weighted by molar-refractivity contribution is 6.31. The van der Waals surface area contributed by atoms with Gasteiger partial charge in [-0.25, -0.2) is 0 Å². The van der Waals surface area contributed by atoms with E-state index in [-0.39, 0.29) is 10.9 Å². The molecule has 0 bridgehead atoms. The van der Waals surface area contributed by atoms with E-state index in [1.54, 1.807) is 40.2 Å². The number of hydrogen-bond donors (Lipinski definition) is 1. The molecule has 0 saturated carbocycles. The molecule has 134 valence electrons. The van der Waals surface area contributed by atoms with Crippen LogP contribution in [0.3, 0.4) is 0 Å². The Morgan fingerprint density at radius 1 is 1.12 bits per heavy atom. The quantitative estimate of drug-likeness (QED) is 0.751. The molecule has 2 aromatic carbocycles. The summed E-state index contributed by atoms with van der Waals surface area (Å²) in [5.74, 6) is -2.10.